The van der Waals surface area contributed by atoms with Gasteiger partial charge >= 0.3 is 18.0 Å². The van der Waals surface area contributed by atoms with Crippen LogP contribution in [0.5, 0.6) is 0 Å². The lowest BCUT2D eigenvalue weighted by molar-refractivity contribution is -0.147. The third-order valence-electron chi connectivity index (χ3n) is 3.59. The SMILES string of the molecule is COC(=O)C[C@H](NC(=O)NCC1CCN(C)CC1)C(=O)O. The zero-order valence-corrected chi connectivity index (χ0v) is 12.4. The number of methoxy groups -OCH3 is 1. The predicted molar refractivity (Wildman–Crippen MR) is 74.8 cm³/mol. The second kappa shape index (κ2) is 8.46. The first-order chi connectivity index (χ1) is 9.92. The van der Waals surface area contributed by atoms with E-state index in [1.165, 1.54) is 7.11 Å². The highest BCUT2D eigenvalue weighted by Crippen LogP contribution is 2.14. The number of amides is 2. The van der Waals surface area contributed by atoms with Gasteiger partial charge in [0.1, 0.15) is 6.04 Å². The summed E-state index contributed by atoms with van der Waals surface area (Å²) in [4.78, 5) is 36.0. The second-order valence-electron chi connectivity index (χ2n) is 5.27. The van der Waals surface area contributed by atoms with Crippen LogP contribution in [0, 0.1) is 5.92 Å². The smallest absolute Gasteiger partial charge is 0.326 e. The Kier molecular flexibility index (Phi) is 6.93. The molecule has 0 aromatic heterocycles. The van der Waals surface area contributed by atoms with Crippen molar-refractivity contribution in [3.05, 3.63) is 0 Å². The van der Waals surface area contributed by atoms with E-state index in [0.717, 1.165) is 25.9 Å². The zero-order valence-electron chi connectivity index (χ0n) is 12.4. The fourth-order valence-corrected chi connectivity index (χ4v) is 2.16. The molecule has 0 aliphatic carbocycles. The average Bonchev–Trinajstić information content (AvgIpc) is 2.45. The number of urea groups is 1. The summed E-state index contributed by atoms with van der Waals surface area (Å²) in [5.74, 6) is -1.55. The van der Waals surface area contributed by atoms with Gasteiger partial charge in [0.05, 0.1) is 13.5 Å². The van der Waals surface area contributed by atoms with Crippen LogP contribution in [0.25, 0.3) is 0 Å². The van der Waals surface area contributed by atoms with Crippen LogP contribution in [-0.4, -0.2) is 67.8 Å². The maximum atomic E-state index is 11.7. The maximum Gasteiger partial charge on any atom is 0.326 e. The number of nitrogens with zero attached hydrogens (tertiary/aromatic N) is 1. The van der Waals surface area contributed by atoms with Crippen LogP contribution in [0.3, 0.4) is 0 Å². The molecule has 0 bridgehead atoms. The molecule has 1 saturated heterocycles. The summed E-state index contributed by atoms with van der Waals surface area (Å²) in [7, 11) is 3.22. The minimum absolute atomic E-state index is 0.395. The number of esters is 1. The van der Waals surface area contributed by atoms with Crippen LogP contribution >= 0.6 is 0 Å². The van der Waals surface area contributed by atoms with E-state index in [0.29, 0.717) is 12.5 Å². The number of carbonyl (C=O) groups excluding carboxylic acids is 2. The van der Waals surface area contributed by atoms with E-state index < -0.39 is 30.4 Å². The molecular weight excluding hydrogens is 278 g/mol. The maximum absolute atomic E-state index is 11.7. The molecule has 0 aromatic rings. The van der Waals surface area contributed by atoms with Gasteiger partial charge in [-0.15, -0.1) is 0 Å². The van der Waals surface area contributed by atoms with Crippen molar-refractivity contribution in [3.63, 3.8) is 0 Å². The number of carboxylic acids is 1. The van der Waals surface area contributed by atoms with Crippen LogP contribution in [0.2, 0.25) is 0 Å². The van der Waals surface area contributed by atoms with E-state index in [2.05, 4.69) is 27.3 Å². The topological polar surface area (TPSA) is 108 Å². The fraction of sp³-hybridized carbons (Fsp3) is 0.769. The Balaban J connectivity index is 2.33. The Morgan fingerprint density at radius 1 is 1.33 bits per heavy atom. The first kappa shape index (κ1) is 17.2. The van der Waals surface area contributed by atoms with E-state index in [1.54, 1.807) is 0 Å². The van der Waals surface area contributed by atoms with Gasteiger partial charge in [-0.25, -0.2) is 9.59 Å². The number of hydrogen-bond donors (Lipinski definition) is 3. The number of piperidine rings is 1. The number of nitrogens with one attached hydrogen (secondary N) is 2. The molecule has 1 heterocycles. The van der Waals surface area contributed by atoms with Gasteiger partial charge in [-0.1, -0.05) is 0 Å². The van der Waals surface area contributed by atoms with Crippen molar-refractivity contribution >= 4 is 18.0 Å². The van der Waals surface area contributed by atoms with E-state index in [4.69, 9.17) is 5.11 Å². The van der Waals surface area contributed by atoms with Gasteiger partial charge < -0.3 is 25.4 Å². The minimum atomic E-state index is -1.28. The molecule has 0 saturated carbocycles. The van der Waals surface area contributed by atoms with Gasteiger partial charge in [0.25, 0.3) is 0 Å². The lowest BCUT2D eigenvalue weighted by Crippen LogP contribution is -2.48. The number of rotatable bonds is 6. The van der Waals surface area contributed by atoms with Crippen molar-refractivity contribution in [2.45, 2.75) is 25.3 Å². The van der Waals surface area contributed by atoms with Gasteiger partial charge in [0, 0.05) is 6.54 Å². The third kappa shape index (κ3) is 6.44. The molecule has 21 heavy (non-hydrogen) atoms. The van der Waals surface area contributed by atoms with Crippen molar-refractivity contribution in [1.82, 2.24) is 15.5 Å². The summed E-state index contributed by atoms with van der Waals surface area (Å²) in [6.07, 6.45) is 1.61. The quantitative estimate of drug-likeness (QED) is 0.578. The van der Waals surface area contributed by atoms with E-state index in [-0.39, 0.29) is 0 Å². The van der Waals surface area contributed by atoms with Crippen molar-refractivity contribution < 1.29 is 24.2 Å². The molecule has 1 fully saturated rings. The van der Waals surface area contributed by atoms with Crippen LogP contribution in [0.15, 0.2) is 0 Å². The van der Waals surface area contributed by atoms with E-state index >= 15 is 0 Å². The molecule has 1 aliphatic rings. The molecule has 8 heteroatoms. The molecule has 1 aliphatic heterocycles. The van der Waals surface area contributed by atoms with Gasteiger partial charge in [-0.2, -0.15) is 0 Å². The van der Waals surface area contributed by atoms with E-state index in [9.17, 15) is 14.4 Å². The fourth-order valence-electron chi connectivity index (χ4n) is 2.16. The Morgan fingerprint density at radius 3 is 2.48 bits per heavy atom. The molecule has 3 N–H and O–H groups in total. The summed E-state index contributed by atoms with van der Waals surface area (Å²) in [5, 5.41) is 13.9. The van der Waals surface area contributed by atoms with Crippen LogP contribution < -0.4 is 10.6 Å². The minimum Gasteiger partial charge on any atom is -0.480 e. The Hall–Kier alpha value is -1.83. The number of hydrogen-bond acceptors (Lipinski definition) is 5. The van der Waals surface area contributed by atoms with Crippen molar-refractivity contribution in [3.8, 4) is 0 Å². The number of ether oxygens (including phenoxy) is 1. The average molecular weight is 301 g/mol. The summed E-state index contributed by atoms with van der Waals surface area (Å²) in [6.45, 7) is 2.49. The monoisotopic (exact) mass is 301 g/mol. The number of likely N-dealkylation sites (tertiary alicyclic amines) is 1. The predicted octanol–water partition coefficient (Wildman–Crippen LogP) is -0.356. The largest absolute Gasteiger partial charge is 0.480 e. The number of carboxylic acid groups (broad SMARTS) is 1. The Morgan fingerprint density at radius 2 is 1.95 bits per heavy atom. The second-order valence-corrected chi connectivity index (χ2v) is 5.27. The number of carbonyl (C=O) groups is 3. The summed E-state index contributed by atoms with van der Waals surface area (Å²) < 4.78 is 4.40. The molecule has 0 unspecified atom stereocenters. The molecule has 0 aromatic carbocycles. The van der Waals surface area contributed by atoms with Gasteiger partial charge in [0.15, 0.2) is 0 Å². The van der Waals surface area contributed by atoms with Crippen molar-refractivity contribution in [1.29, 1.82) is 0 Å². The standard InChI is InChI=1S/C13H23N3O5/c1-16-5-3-9(4-6-16)8-14-13(20)15-10(12(18)19)7-11(17)21-2/h9-10H,3-8H2,1-2H3,(H,18,19)(H2,14,15,20)/t10-/m0/s1. The Labute approximate surface area is 123 Å². The van der Waals surface area contributed by atoms with Crippen molar-refractivity contribution in [2.24, 2.45) is 5.92 Å². The van der Waals surface area contributed by atoms with Gasteiger partial charge in [-0.3, -0.25) is 4.79 Å². The van der Waals surface area contributed by atoms with E-state index in [1.807, 2.05) is 0 Å². The lowest BCUT2D eigenvalue weighted by Gasteiger charge is -2.29. The van der Waals surface area contributed by atoms with Gasteiger partial charge in [-0.05, 0) is 38.9 Å². The van der Waals surface area contributed by atoms with Crippen LogP contribution in [-0.2, 0) is 14.3 Å². The molecule has 120 valence electrons. The van der Waals surface area contributed by atoms with Crippen LogP contribution in [0.1, 0.15) is 19.3 Å². The molecule has 0 radical (unpaired) electrons. The highest BCUT2D eigenvalue weighted by molar-refractivity contribution is 5.86. The normalized spacial score (nSPS) is 17.8. The zero-order chi connectivity index (χ0) is 15.8. The highest BCUT2D eigenvalue weighted by Gasteiger charge is 2.24. The first-order valence-corrected chi connectivity index (χ1v) is 6.95. The summed E-state index contributed by atoms with van der Waals surface area (Å²) in [5.41, 5.74) is 0. The summed E-state index contributed by atoms with van der Waals surface area (Å²) >= 11 is 0. The molecule has 1 atom stereocenters. The van der Waals surface area contributed by atoms with Crippen LogP contribution in [0.4, 0.5) is 4.79 Å². The summed E-state index contributed by atoms with van der Waals surface area (Å²) in [6, 6.07) is -1.86. The molecular formula is C13H23N3O5. The molecule has 8 nitrogen and oxygen atoms in total. The lowest BCUT2D eigenvalue weighted by atomic mass is 9.97. The molecule has 0 spiro atoms. The van der Waals surface area contributed by atoms with Gasteiger partial charge in [0.2, 0.25) is 0 Å². The number of aliphatic carboxylic acids is 1. The molecule has 1 rings (SSSR count). The Bertz CT molecular complexity index is 380. The third-order valence-corrected chi connectivity index (χ3v) is 3.59. The highest BCUT2D eigenvalue weighted by atomic mass is 16.5. The van der Waals surface area contributed by atoms with Crippen molar-refractivity contribution in [2.75, 3.05) is 33.8 Å². The molecule has 2 amide bonds. The first-order valence-electron chi connectivity index (χ1n) is 6.95.